The monoisotopic (exact) mass is 390 g/mol. The summed E-state index contributed by atoms with van der Waals surface area (Å²) in [5, 5.41) is 0.698. The van der Waals surface area contributed by atoms with Gasteiger partial charge in [-0.3, -0.25) is 0 Å². The third-order valence-corrected chi connectivity index (χ3v) is 4.15. The largest absolute Gasteiger partial charge is 0.207 e. The lowest BCUT2D eigenvalue weighted by molar-refractivity contribution is 0.607. The van der Waals surface area contributed by atoms with Gasteiger partial charge in [0.05, 0.1) is 0 Å². The summed E-state index contributed by atoms with van der Waals surface area (Å²) in [5.74, 6) is -0.215. The second-order valence-corrected chi connectivity index (χ2v) is 6.42. The van der Waals surface area contributed by atoms with Crippen LogP contribution in [0.3, 0.4) is 0 Å². The first kappa shape index (κ1) is 14.0. The number of hydrogen-bond acceptors (Lipinski definition) is 0. The minimum absolute atomic E-state index is 0.0657. The molecule has 18 heavy (non-hydrogen) atoms. The van der Waals surface area contributed by atoms with Crippen molar-refractivity contribution in [3.05, 3.63) is 68.9 Å². The highest BCUT2D eigenvalue weighted by molar-refractivity contribution is 9.10. The Bertz CT molecular complexity index is 557. The normalized spacial score (nSPS) is 12.4. The van der Waals surface area contributed by atoms with Gasteiger partial charge in [0, 0.05) is 19.9 Å². The van der Waals surface area contributed by atoms with E-state index in [4.69, 9.17) is 11.6 Å². The Morgan fingerprint density at radius 3 is 2.61 bits per heavy atom. The first-order valence-corrected chi connectivity index (χ1v) is 7.48. The summed E-state index contributed by atoms with van der Waals surface area (Å²) in [7, 11) is 0. The highest BCUT2D eigenvalue weighted by Gasteiger charge is 2.13. The molecular weight excluding hydrogens is 382 g/mol. The van der Waals surface area contributed by atoms with Gasteiger partial charge in [0.15, 0.2) is 0 Å². The summed E-state index contributed by atoms with van der Waals surface area (Å²) in [6.07, 6.45) is 0.694. The minimum atomic E-state index is -0.215. The first-order valence-electron chi connectivity index (χ1n) is 5.40. The van der Waals surface area contributed by atoms with E-state index in [1.165, 1.54) is 6.07 Å². The number of hydrogen-bond donors (Lipinski definition) is 0. The van der Waals surface area contributed by atoms with E-state index in [1.54, 1.807) is 6.07 Å². The van der Waals surface area contributed by atoms with Gasteiger partial charge in [0.25, 0.3) is 0 Å². The van der Waals surface area contributed by atoms with Crippen LogP contribution >= 0.6 is 43.5 Å². The van der Waals surface area contributed by atoms with Crippen LogP contribution in [0.1, 0.15) is 16.0 Å². The van der Waals surface area contributed by atoms with Gasteiger partial charge in [-0.1, -0.05) is 61.7 Å². The third kappa shape index (κ3) is 3.56. The zero-order chi connectivity index (χ0) is 13.1. The highest BCUT2D eigenvalue weighted by Crippen LogP contribution is 2.31. The topological polar surface area (TPSA) is 0 Å². The molecule has 0 N–H and O–H groups in total. The third-order valence-electron chi connectivity index (χ3n) is 2.60. The van der Waals surface area contributed by atoms with Crippen LogP contribution in [0.25, 0.3) is 0 Å². The lowest BCUT2D eigenvalue weighted by Crippen LogP contribution is -1.98. The van der Waals surface area contributed by atoms with Crippen molar-refractivity contribution in [2.45, 2.75) is 11.2 Å². The summed E-state index contributed by atoms with van der Waals surface area (Å²) in [6.45, 7) is 0. The van der Waals surface area contributed by atoms with Gasteiger partial charge in [0.2, 0.25) is 0 Å². The minimum Gasteiger partial charge on any atom is -0.207 e. The molecule has 0 saturated heterocycles. The molecule has 0 aliphatic heterocycles. The molecule has 0 heterocycles. The molecule has 2 aromatic carbocycles. The standard InChI is InChI=1S/C14H10Br2ClF/c15-10-4-5-12(14(18)8-10)13(16)7-9-2-1-3-11(17)6-9/h1-6,8,13H,7H2. The molecule has 1 unspecified atom stereocenters. The van der Waals surface area contributed by atoms with Gasteiger partial charge >= 0.3 is 0 Å². The predicted octanol–water partition coefficient (Wildman–Crippen LogP) is 5.92. The lowest BCUT2D eigenvalue weighted by Gasteiger charge is -2.12. The molecule has 0 bridgehead atoms. The maximum atomic E-state index is 13.8. The van der Waals surface area contributed by atoms with Gasteiger partial charge in [-0.25, -0.2) is 4.39 Å². The van der Waals surface area contributed by atoms with Gasteiger partial charge in [-0.2, -0.15) is 0 Å². The Kier molecular flexibility index (Phi) is 4.82. The van der Waals surface area contributed by atoms with E-state index in [0.717, 1.165) is 10.0 Å². The van der Waals surface area contributed by atoms with Gasteiger partial charge in [-0.05, 0) is 36.2 Å². The van der Waals surface area contributed by atoms with Crippen molar-refractivity contribution in [2.75, 3.05) is 0 Å². The van der Waals surface area contributed by atoms with Crippen molar-refractivity contribution in [3.8, 4) is 0 Å². The maximum absolute atomic E-state index is 13.8. The van der Waals surface area contributed by atoms with Crippen molar-refractivity contribution in [2.24, 2.45) is 0 Å². The van der Waals surface area contributed by atoms with Crippen LogP contribution in [0.5, 0.6) is 0 Å². The van der Waals surface area contributed by atoms with Gasteiger partial charge in [-0.15, -0.1) is 0 Å². The van der Waals surface area contributed by atoms with Crippen molar-refractivity contribution in [3.63, 3.8) is 0 Å². The molecule has 2 aromatic rings. The van der Waals surface area contributed by atoms with Crippen LogP contribution in [0.4, 0.5) is 4.39 Å². The van der Waals surface area contributed by atoms with Crippen LogP contribution in [0, 0.1) is 5.82 Å². The molecule has 0 spiro atoms. The van der Waals surface area contributed by atoms with Crippen LogP contribution in [-0.2, 0) is 6.42 Å². The molecule has 94 valence electrons. The van der Waals surface area contributed by atoms with Crippen molar-refractivity contribution in [1.82, 2.24) is 0 Å². The number of alkyl halides is 1. The molecule has 0 nitrogen and oxygen atoms in total. The van der Waals surface area contributed by atoms with Crippen molar-refractivity contribution < 1.29 is 4.39 Å². The van der Waals surface area contributed by atoms with Gasteiger partial charge < -0.3 is 0 Å². The fraction of sp³-hybridized carbons (Fsp3) is 0.143. The Balaban J connectivity index is 2.19. The molecule has 0 fully saturated rings. The average Bonchev–Trinajstić information content (AvgIpc) is 2.28. The lowest BCUT2D eigenvalue weighted by atomic mass is 10.0. The van der Waals surface area contributed by atoms with Gasteiger partial charge in [0.1, 0.15) is 5.82 Å². The van der Waals surface area contributed by atoms with Crippen LogP contribution in [-0.4, -0.2) is 0 Å². The zero-order valence-electron chi connectivity index (χ0n) is 9.34. The molecule has 1 atom stereocenters. The Morgan fingerprint density at radius 1 is 1.17 bits per heavy atom. The second kappa shape index (κ2) is 6.18. The van der Waals surface area contributed by atoms with E-state index in [1.807, 2.05) is 30.3 Å². The Hall–Kier alpha value is -0.380. The SMILES string of the molecule is Fc1cc(Br)ccc1C(Br)Cc1cccc(Cl)c1. The molecule has 0 amide bonds. The quantitative estimate of drug-likeness (QED) is 0.569. The fourth-order valence-electron chi connectivity index (χ4n) is 1.74. The maximum Gasteiger partial charge on any atom is 0.128 e. The van der Waals surface area contributed by atoms with Crippen LogP contribution in [0.15, 0.2) is 46.9 Å². The molecule has 0 saturated carbocycles. The van der Waals surface area contributed by atoms with Crippen molar-refractivity contribution in [1.29, 1.82) is 0 Å². The Labute approximate surface area is 127 Å². The summed E-state index contributed by atoms with van der Waals surface area (Å²) < 4.78 is 14.5. The van der Waals surface area contributed by atoms with Crippen LogP contribution in [0.2, 0.25) is 5.02 Å². The van der Waals surface area contributed by atoms with E-state index in [-0.39, 0.29) is 10.6 Å². The Morgan fingerprint density at radius 2 is 1.94 bits per heavy atom. The number of halogens is 4. The molecule has 0 aliphatic rings. The molecule has 4 heteroatoms. The smallest absolute Gasteiger partial charge is 0.128 e. The van der Waals surface area contributed by atoms with Crippen LogP contribution < -0.4 is 0 Å². The zero-order valence-corrected chi connectivity index (χ0v) is 13.3. The molecule has 0 aromatic heterocycles. The van der Waals surface area contributed by atoms with E-state index in [9.17, 15) is 4.39 Å². The number of rotatable bonds is 3. The van der Waals surface area contributed by atoms with E-state index in [0.29, 0.717) is 17.0 Å². The molecule has 0 aliphatic carbocycles. The first-order chi connectivity index (χ1) is 8.56. The summed E-state index contributed by atoms with van der Waals surface area (Å²) in [5.41, 5.74) is 1.73. The number of benzene rings is 2. The molecule has 0 radical (unpaired) electrons. The van der Waals surface area contributed by atoms with Crippen molar-refractivity contribution >= 4 is 43.5 Å². The highest BCUT2D eigenvalue weighted by atomic mass is 79.9. The predicted molar refractivity (Wildman–Crippen MR) is 80.9 cm³/mol. The van der Waals surface area contributed by atoms with E-state index >= 15 is 0 Å². The molecular formula is C14H10Br2ClF. The fourth-order valence-corrected chi connectivity index (χ4v) is 3.03. The molecule has 2 rings (SSSR count). The van der Waals surface area contributed by atoms with E-state index in [2.05, 4.69) is 31.9 Å². The summed E-state index contributed by atoms with van der Waals surface area (Å²) in [6, 6.07) is 12.7. The van der Waals surface area contributed by atoms with E-state index < -0.39 is 0 Å². The summed E-state index contributed by atoms with van der Waals surface area (Å²) >= 11 is 12.7. The average molecular weight is 392 g/mol. The summed E-state index contributed by atoms with van der Waals surface area (Å²) in [4.78, 5) is -0.0657. The second-order valence-electron chi connectivity index (χ2n) is 3.97.